The zero-order chi connectivity index (χ0) is 9.78. The molecule has 0 aromatic heterocycles. The van der Waals surface area contributed by atoms with Gasteiger partial charge in [-0.15, -0.1) is 11.6 Å². The maximum atomic E-state index is 6.09. The minimum absolute atomic E-state index is 0.0499. The van der Waals surface area contributed by atoms with Gasteiger partial charge in [0.15, 0.2) is 0 Å². The molecule has 0 bridgehead atoms. The van der Waals surface area contributed by atoms with Gasteiger partial charge < -0.3 is 4.74 Å². The van der Waals surface area contributed by atoms with Crippen molar-refractivity contribution in [1.82, 2.24) is 0 Å². The van der Waals surface area contributed by atoms with E-state index in [9.17, 15) is 0 Å². The van der Waals surface area contributed by atoms with Crippen molar-refractivity contribution in [2.24, 2.45) is 0 Å². The molecule has 0 saturated carbocycles. The number of hydrogen-bond donors (Lipinski definition) is 0. The lowest BCUT2D eigenvalue weighted by atomic mass is 10.2. The number of hydrogen-bond acceptors (Lipinski definition) is 1. The Morgan fingerprint density at radius 2 is 1.83 bits per heavy atom. The highest BCUT2D eigenvalue weighted by Gasteiger charge is 2.14. The summed E-state index contributed by atoms with van der Waals surface area (Å²) in [5.74, 6) is 0. The first-order chi connectivity index (χ1) is 5.31. The third-order valence-corrected chi connectivity index (χ3v) is 3.54. The van der Waals surface area contributed by atoms with Crippen LogP contribution in [0.2, 0.25) is 19.1 Å². The van der Waals surface area contributed by atoms with E-state index in [1.165, 1.54) is 0 Å². The van der Waals surface area contributed by atoms with Crippen molar-refractivity contribution in [3.63, 3.8) is 0 Å². The Kier molecular flexibility index (Phi) is 5.46. The largest absolute Gasteiger partial charge is 0.374 e. The van der Waals surface area contributed by atoms with Crippen LogP contribution in [0.1, 0.15) is 20.8 Å². The quantitative estimate of drug-likeness (QED) is 0.510. The summed E-state index contributed by atoms with van der Waals surface area (Å²) in [6.45, 7) is 11.5. The fourth-order valence-corrected chi connectivity index (χ4v) is 3.21. The van der Waals surface area contributed by atoms with E-state index in [0.29, 0.717) is 6.61 Å². The molecule has 0 aromatic carbocycles. The molecule has 1 atom stereocenters. The van der Waals surface area contributed by atoms with Crippen LogP contribution in [-0.4, -0.2) is 26.4 Å². The summed E-state index contributed by atoms with van der Waals surface area (Å²) in [6, 6.07) is 1.16. The Morgan fingerprint density at radius 3 is 2.17 bits per heavy atom. The molecule has 0 fully saturated rings. The third kappa shape index (κ3) is 8.56. The van der Waals surface area contributed by atoms with E-state index in [1.807, 2.05) is 0 Å². The Labute approximate surface area is 83.1 Å². The second-order valence-electron chi connectivity index (χ2n) is 4.65. The molecule has 0 aliphatic carbocycles. The van der Waals surface area contributed by atoms with E-state index in [2.05, 4.69) is 33.9 Å². The van der Waals surface area contributed by atoms with Crippen molar-refractivity contribution in [1.29, 1.82) is 0 Å². The summed E-state index contributed by atoms with van der Waals surface area (Å²) in [4.78, 5) is 0. The van der Waals surface area contributed by atoms with Crippen LogP contribution in [0.4, 0.5) is 0 Å². The van der Waals surface area contributed by atoms with Crippen molar-refractivity contribution >= 4 is 20.4 Å². The van der Waals surface area contributed by atoms with Gasteiger partial charge in [-0.05, 0) is 26.8 Å². The van der Waals surface area contributed by atoms with Gasteiger partial charge in [0.2, 0.25) is 0 Å². The average molecular weight is 209 g/mol. The highest BCUT2D eigenvalue weighted by molar-refractivity contribution is 6.57. The Balaban J connectivity index is 3.51. The standard InChI is InChI=1S/C9H21ClOSi/c1-9(2,3)11-6-8(10)7-12(4)5/h8,12H,6-7H2,1-5H3. The van der Waals surface area contributed by atoms with Crippen molar-refractivity contribution < 1.29 is 4.74 Å². The summed E-state index contributed by atoms with van der Waals surface area (Å²) in [5.41, 5.74) is -0.0499. The van der Waals surface area contributed by atoms with E-state index in [4.69, 9.17) is 16.3 Å². The van der Waals surface area contributed by atoms with Crippen LogP contribution >= 0.6 is 11.6 Å². The van der Waals surface area contributed by atoms with Crippen LogP contribution in [0.3, 0.4) is 0 Å². The highest BCUT2D eigenvalue weighted by Crippen LogP contribution is 2.12. The predicted octanol–water partition coefficient (Wildman–Crippen LogP) is 2.90. The van der Waals surface area contributed by atoms with Gasteiger partial charge in [-0.1, -0.05) is 13.1 Å². The van der Waals surface area contributed by atoms with Gasteiger partial charge in [-0.25, -0.2) is 0 Å². The monoisotopic (exact) mass is 208 g/mol. The summed E-state index contributed by atoms with van der Waals surface area (Å²) in [5, 5.41) is 0.218. The summed E-state index contributed by atoms with van der Waals surface area (Å²) >= 11 is 6.09. The van der Waals surface area contributed by atoms with Crippen LogP contribution < -0.4 is 0 Å². The van der Waals surface area contributed by atoms with Crippen LogP contribution in [0.5, 0.6) is 0 Å². The maximum Gasteiger partial charge on any atom is 0.0634 e. The first-order valence-electron chi connectivity index (χ1n) is 4.59. The minimum atomic E-state index is -0.526. The van der Waals surface area contributed by atoms with Gasteiger partial charge in [0.1, 0.15) is 0 Å². The van der Waals surface area contributed by atoms with Gasteiger partial charge >= 0.3 is 0 Å². The molecule has 3 heteroatoms. The topological polar surface area (TPSA) is 9.23 Å². The highest BCUT2D eigenvalue weighted by atomic mass is 35.5. The summed E-state index contributed by atoms with van der Waals surface area (Å²) in [7, 11) is -0.526. The van der Waals surface area contributed by atoms with Gasteiger partial charge in [-0.3, -0.25) is 0 Å². The predicted molar refractivity (Wildman–Crippen MR) is 59.0 cm³/mol. The lowest BCUT2D eigenvalue weighted by molar-refractivity contribution is -0.00113. The maximum absolute atomic E-state index is 6.09. The number of halogens is 1. The smallest absolute Gasteiger partial charge is 0.0634 e. The molecule has 0 heterocycles. The molecule has 1 nitrogen and oxygen atoms in total. The lowest BCUT2D eigenvalue weighted by Crippen LogP contribution is -2.25. The van der Waals surface area contributed by atoms with Crippen molar-refractivity contribution in [2.75, 3.05) is 6.61 Å². The van der Waals surface area contributed by atoms with Crippen molar-refractivity contribution in [3.05, 3.63) is 0 Å². The van der Waals surface area contributed by atoms with E-state index < -0.39 is 8.80 Å². The molecule has 12 heavy (non-hydrogen) atoms. The molecule has 74 valence electrons. The van der Waals surface area contributed by atoms with E-state index in [-0.39, 0.29) is 11.0 Å². The SMILES string of the molecule is C[SiH](C)CC(Cl)COC(C)(C)C. The normalized spacial score (nSPS) is 15.2. The molecule has 1 unspecified atom stereocenters. The van der Waals surface area contributed by atoms with Gasteiger partial charge in [-0.2, -0.15) is 0 Å². The summed E-state index contributed by atoms with van der Waals surface area (Å²) < 4.78 is 5.58. The molecular formula is C9H21ClOSi. The molecule has 0 aromatic rings. The summed E-state index contributed by atoms with van der Waals surface area (Å²) in [6.07, 6.45) is 0. The Hall–Kier alpha value is 0.467. The average Bonchev–Trinajstić information content (AvgIpc) is 1.80. The van der Waals surface area contributed by atoms with Crippen LogP contribution in [0.25, 0.3) is 0 Å². The molecule has 0 spiro atoms. The van der Waals surface area contributed by atoms with Crippen LogP contribution in [0.15, 0.2) is 0 Å². The lowest BCUT2D eigenvalue weighted by Gasteiger charge is -2.22. The molecule has 0 radical (unpaired) electrons. The fourth-order valence-electron chi connectivity index (χ4n) is 0.920. The molecular weight excluding hydrogens is 188 g/mol. The third-order valence-electron chi connectivity index (χ3n) is 1.42. The zero-order valence-corrected chi connectivity index (χ0v) is 10.8. The van der Waals surface area contributed by atoms with Crippen LogP contribution in [0, 0.1) is 0 Å². The zero-order valence-electron chi connectivity index (χ0n) is 8.86. The number of ether oxygens (including phenoxy) is 1. The second-order valence-corrected chi connectivity index (χ2v) is 8.53. The number of rotatable bonds is 4. The number of alkyl halides is 1. The van der Waals surface area contributed by atoms with Crippen molar-refractivity contribution in [3.8, 4) is 0 Å². The van der Waals surface area contributed by atoms with Gasteiger partial charge in [0.25, 0.3) is 0 Å². The minimum Gasteiger partial charge on any atom is -0.374 e. The Morgan fingerprint density at radius 1 is 1.33 bits per heavy atom. The van der Waals surface area contributed by atoms with Gasteiger partial charge in [0, 0.05) is 8.80 Å². The molecule has 0 N–H and O–H groups in total. The van der Waals surface area contributed by atoms with Crippen molar-refractivity contribution in [2.45, 2.75) is 50.9 Å². The van der Waals surface area contributed by atoms with E-state index in [0.717, 1.165) is 6.04 Å². The molecule has 0 amide bonds. The molecule has 0 aliphatic rings. The molecule has 0 aliphatic heterocycles. The Bertz CT molecular complexity index is 120. The second kappa shape index (κ2) is 5.25. The first kappa shape index (κ1) is 12.5. The van der Waals surface area contributed by atoms with E-state index >= 15 is 0 Å². The first-order valence-corrected chi connectivity index (χ1v) is 8.15. The molecule has 0 saturated heterocycles. The fraction of sp³-hybridized carbons (Fsp3) is 1.00. The molecule has 0 rings (SSSR count). The van der Waals surface area contributed by atoms with Crippen LogP contribution in [-0.2, 0) is 4.74 Å². The van der Waals surface area contributed by atoms with Gasteiger partial charge in [0.05, 0.1) is 17.6 Å². The van der Waals surface area contributed by atoms with E-state index in [1.54, 1.807) is 0 Å².